The first-order valence-electron chi connectivity index (χ1n) is 3.05. The average molecular weight is 224 g/mol. The van der Waals surface area contributed by atoms with Crippen LogP contribution in [0.3, 0.4) is 0 Å². The fraction of sp³-hybridized carbons (Fsp3) is 0.667. The summed E-state index contributed by atoms with van der Waals surface area (Å²) in [5.74, 6) is -0.385. The SMILES string of the molecule is C=CCSC(C(F)(F)F)C(F)(F)F. The first-order chi connectivity index (χ1) is 5.69. The topological polar surface area (TPSA) is 0 Å². The van der Waals surface area contributed by atoms with Crippen molar-refractivity contribution >= 4 is 11.8 Å². The molecule has 0 atom stereocenters. The Balaban J connectivity index is 4.47. The van der Waals surface area contributed by atoms with Crippen LogP contribution in [0.5, 0.6) is 0 Å². The molecule has 0 fully saturated rings. The van der Waals surface area contributed by atoms with E-state index < -0.39 is 17.6 Å². The Morgan fingerprint density at radius 2 is 1.46 bits per heavy atom. The lowest BCUT2D eigenvalue weighted by atomic mass is 10.4. The van der Waals surface area contributed by atoms with E-state index in [1.54, 1.807) is 0 Å². The van der Waals surface area contributed by atoms with E-state index in [4.69, 9.17) is 0 Å². The molecule has 0 aliphatic heterocycles. The van der Waals surface area contributed by atoms with Crippen molar-refractivity contribution in [3.05, 3.63) is 12.7 Å². The second kappa shape index (κ2) is 4.26. The van der Waals surface area contributed by atoms with Gasteiger partial charge in [0.25, 0.3) is 0 Å². The summed E-state index contributed by atoms with van der Waals surface area (Å²) in [7, 11) is 0. The lowest BCUT2D eigenvalue weighted by molar-refractivity contribution is -0.223. The van der Waals surface area contributed by atoms with E-state index in [1.807, 2.05) is 0 Å². The van der Waals surface area contributed by atoms with Gasteiger partial charge in [0.2, 0.25) is 0 Å². The highest BCUT2D eigenvalue weighted by Crippen LogP contribution is 2.41. The van der Waals surface area contributed by atoms with Gasteiger partial charge in [-0.25, -0.2) is 0 Å². The minimum absolute atomic E-state index is 0.233. The molecule has 0 saturated carbocycles. The quantitative estimate of drug-likeness (QED) is 0.523. The van der Waals surface area contributed by atoms with Crippen molar-refractivity contribution in [3.8, 4) is 0 Å². The Hall–Kier alpha value is -0.330. The normalized spacial score (nSPS) is 13.5. The predicted octanol–water partition coefficient (Wildman–Crippen LogP) is 3.40. The molecule has 0 rings (SSSR count). The van der Waals surface area contributed by atoms with E-state index in [2.05, 4.69) is 6.58 Å². The molecule has 0 aliphatic carbocycles. The number of thioether (sulfide) groups is 1. The molecule has 0 aliphatic rings. The van der Waals surface area contributed by atoms with Gasteiger partial charge in [0.15, 0.2) is 5.25 Å². The van der Waals surface area contributed by atoms with Crippen LogP contribution < -0.4 is 0 Å². The van der Waals surface area contributed by atoms with Crippen molar-refractivity contribution in [2.24, 2.45) is 0 Å². The standard InChI is InChI=1S/C6H6F6S/c1-2-3-13-4(5(7,8)9)6(10,11)12/h2,4H,1,3H2. The molecule has 0 spiro atoms. The number of hydrogen-bond donors (Lipinski definition) is 0. The molecule has 0 nitrogen and oxygen atoms in total. The summed E-state index contributed by atoms with van der Waals surface area (Å²) in [6.07, 6.45) is -9.52. The maximum absolute atomic E-state index is 11.8. The van der Waals surface area contributed by atoms with Crippen LogP contribution >= 0.6 is 11.8 Å². The molecule has 0 bridgehead atoms. The van der Waals surface area contributed by atoms with Gasteiger partial charge in [0.05, 0.1) is 0 Å². The van der Waals surface area contributed by atoms with Gasteiger partial charge in [-0.1, -0.05) is 6.08 Å². The lowest BCUT2D eigenvalue weighted by Crippen LogP contribution is -2.39. The second-order valence-electron chi connectivity index (χ2n) is 2.09. The van der Waals surface area contributed by atoms with Crippen LogP contribution in [0, 0.1) is 0 Å². The molecule has 0 radical (unpaired) electrons. The molecule has 0 amide bonds. The van der Waals surface area contributed by atoms with Crippen LogP contribution in [0.2, 0.25) is 0 Å². The molecule has 0 aromatic rings. The molecule has 7 heteroatoms. The number of halogens is 6. The van der Waals surface area contributed by atoms with Gasteiger partial charge in [-0.2, -0.15) is 26.3 Å². The van der Waals surface area contributed by atoms with Gasteiger partial charge in [0.1, 0.15) is 0 Å². The van der Waals surface area contributed by atoms with Crippen molar-refractivity contribution < 1.29 is 26.3 Å². The van der Waals surface area contributed by atoms with Crippen LogP contribution in [0.4, 0.5) is 26.3 Å². The summed E-state index contributed by atoms with van der Waals surface area (Å²) in [4.78, 5) is 0. The summed E-state index contributed by atoms with van der Waals surface area (Å²) in [6.45, 7) is 3.04. The third-order valence-electron chi connectivity index (χ3n) is 0.975. The molecular weight excluding hydrogens is 218 g/mol. The van der Waals surface area contributed by atoms with E-state index in [-0.39, 0.29) is 17.5 Å². The fourth-order valence-corrected chi connectivity index (χ4v) is 1.25. The predicted molar refractivity (Wildman–Crippen MR) is 38.6 cm³/mol. The van der Waals surface area contributed by atoms with Crippen molar-refractivity contribution in [1.82, 2.24) is 0 Å². The summed E-state index contributed by atoms with van der Waals surface area (Å²) in [6, 6.07) is 0. The smallest absolute Gasteiger partial charge is 0.169 e. The largest absolute Gasteiger partial charge is 0.409 e. The highest BCUT2D eigenvalue weighted by Gasteiger charge is 2.56. The third kappa shape index (κ3) is 4.44. The maximum Gasteiger partial charge on any atom is 0.409 e. The summed E-state index contributed by atoms with van der Waals surface area (Å²) < 4.78 is 70.6. The van der Waals surface area contributed by atoms with E-state index in [0.717, 1.165) is 6.08 Å². The molecule has 0 saturated heterocycles. The highest BCUT2D eigenvalue weighted by atomic mass is 32.2. The van der Waals surface area contributed by atoms with Crippen molar-refractivity contribution in [1.29, 1.82) is 0 Å². The Labute approximate surface area is 75.0 Å². The molecule has 0 N–H and O–H groups in total. The monoisotopic (exact) mass is 224 g/mol. The van der Waals surface area contributed by atoms with Crippen LogP contribution in [0.25, 0.3) is 0 Å². The Bertz CT molecular complexity index is 155. The minimum atomic E-state index is -5.26. The zero-order chi connectivity index (χ0) is 10.7. The molecule has 13 heavy (non-hydrogen) atoms. The summed E-state index contributed by atoms with van der Waals surface area (Å²) in [5.41, 5.74) is 0. The average Bonchev–Trinajstić information content (AvgIpc) is 1.81. The zero-order valence-electron chi connectivity index (χ0n) is 6.24. The molecular formula is C6H6F6S. The number of hydrogen-bond acceptors (Lipinski definition) is 1. The van der Waals surface area contributed by atoms with E-state index in [0.29, 0.717) is 0 Å². The van der Waals surface area contributed by atoms with Crippen molar-refractivity contribution in [2.75, 3.05) is 5.75 Å². The van der Waals surface area contributed by atoms with Gasteiger partial charge < -0.3 is 0 Å². The maximum atomic E-state index is 11.8. The second-order valence-corrected chi connectivity index (χ2v) is 3.22. The highest BCUT2D eigenvalue weighted by molar-refractivity contribution is 8.00. The van der Waals surface area contributed by atoms with Gasteiger partial charge in [0, 0.05) is 5.75 Å². The molecule has 0 aromatic heterocycles. The van der Waals surface area contributed by atoms with Crippen molar-refractivity contribution in [2.45, 2.75) is 17.6 Å². The van der Waals surface area contributed by atoms with Crippen LogP contribution in [-0.2, 0) is 0 Å². The van der Waals surface area contributed by atoms with Crippen LogP contribution in [-0.4, -0.2) is 23.4 Å². The van der Waals surface area contributed by atoms with Gasteiger partial charge in [-0.3, -0.25) is 0 Å². The van der Waals surface area contributed by atoms with Crippen LogP contribution in [0.1, 0.15) is 0 Å². The van der Waals surface area contributed by atoms with E-state index in [9.17, 15) is 26.3 Å². The third-order valence-corrected chi connectivity index (χ3v) is 2.27. The Morgan fingerprint density at radius 3 is 1.69 bits per heavy atom. The van der Waals surface area contributed by atoms with E-state index in [1.165, 1.54) is 0 Å². The van der Waals surface area contributed by atoms with Crippen molar-refractivity contribution in [3.63, 3.8) is 0 Å². The fourth-order valence-electron chi connectivity index (χ4n) is 0.539. The lowest BCUT2D eigenvalue weighted by Gasteiger charge is -2.21. The molecule has 0 unspecified atom stereocenters. The summed E-state index contributed by atoms with van der Waals surface area (Å²) >= 11 is -0.233. The zero-order valence-corrected chi connectivity index (χ0v) is 7.06. The molecule has 0 aromatic carbocycles. The minimum Gasteiger partial charge on any atom is -0.169 e. The van der Waals surface area contributed by atoms with E-state index >= 15 is 0 Å². The van der Waals surface area contributed by atoms with Gasteiger partial charge in [-0.15, -0.1) is 18.3 Å². The number of rotatable bonds is 3. The van der Waals surface area contributed by atoms with Gasteiger partial charge >= 0.3 is 12.4 Å². The number of alkyl halides is 6. The molecule has 0 heterocycles. The van der Waals surface area contributed by atoms with Crippen LogP contribution in [0.15, 0.2) is 12.7 Å². The first-order valence-corrected chi connectivity index (χ1v) is 4.10. The summed E-state index contributed by atoms with van der Waals surface area (Å²) in [5, 5.41) is -3.32. The Morgan fingerprint density at radius 1 is 1.08 bits per heavy atom. The van der Waals surface area contributed by atoms with Gasteiger partial charge in [-0.05, 0) is 0 Å². The Kier molecular flexibility index (Phi) is 4.15. The first kappa shape index (κ1) is 12.7. The molecule has 78 valence electrons.